The first-order valence-electron chi connectivity index (χ1n) is 5.58. The molecule has 0 radical (unpaired) electrons. The van der Waals surface area contributed by atoms with Gasteiger partial charge in [0.05, 0.1) is 26.0 Å². The number of nitrogens with zero attached hydrogens (tertiary/aromatic N) is 2. The molecule has 21 heavy (non-hydrogen) atoms. The van der Waals surface area contributed by atoms with Crippen LogP contribution in [-0.2, 0) is 4.79 Å². The summed E-state index contributed by atoms with van der Waals surface area (Å²) in [6, 6.07) is 3.04. The van der Waals surface area contributed by atoms with Gasteiger partial charge in [-0.2, -0.15) is 5.10 Å². The summed E-state index contributed by atoms with van der Waals surface area (Å²) in [6.07, 6.45) is 1.29. The number of carboxylic acid groups (broad SMARTS) is 1. The first-order valence-corrected chi connectivity index (χ1v) is 5.58. The van der Waals surface area contributed by atoms with Gasteiger partial charge in [-0.1, -0.05) is 0 Å². The number of methoxy groups -OCH3 is 2. The fourth-order valence-corrected chi connectivity index (χ4v) is 1.16. The van der Waals surface area contributed by atoms with E-state index in [1.807, 2.05) is 0 Å². The predicted molar refractivity (Wildman–Crippen MR) is 77.9 cm³/mol. The molecule has 0 aliphatic rings. The summed E-state index contributed by atoms with van der Waals surface area (Å²) in [4.78, 5) is 9.00. The Labute approximate surface area is 121 Å². The number of nitrogens with two attached hydrogens (primary N) is 2. The Morgan fingerprint density at radius 2 is 1.86 bits per heavy atom. The molecule has 0 aromatic heterocycles. The molecule has 0 aliphatic heterocycles. The minimum Gasteiger partial charge on any atom is -0.507 e. The van der Waals surface area contributed by atoms with Crippen LogP contribution in [0.3, 0.4) is 0 Å². The molecule has 0 aliphatic carbocycles. The van der Waals surface area contributed by atoms with Crippen molar-refractivity contribution in [2.24, 2.45) is 21.7 Å². The van der Waals surface area contributed by atoms with Crippen molar-refractivity contribution in [1.82, 2.24) is 0 Å². The molecule has 1 aromatic rings. The summed E-state index contributed by atoms with van der Waals surface area (Å²) in [6.45, 7) is 1.08. The second-order valence-electron chi connectivity index (χ2n) is 3.55. The van der Waals surface area contributed by atoms with Crippen molar-refractivity contribution in [1.29, 1.82) is 0 Å². The molecule has 9 heteroatoms. The number of carbonyl (C=O) groups is 1. The van der Waals surface area contributed by atoms with Crippen LogP contribution in [0.15, 0.2) is 22.3 Å². The highest BCUT2D eigenvalue weighted by atomic mass is 16.5. The van der Waals surface area contributed by atoms with Gasteiger partial charge in [-0.3, -0.25) is 4.79 Å². The van der Waals surface area contributed by atoms with Gasteiger partial charge < -0.3 is 31.2 Å². The third-order valence-corrected chi connectivity index (χ3v) is 1.91. The summed E-state index contributed by atoms with van der Waals surface area (Å²) >= 11 is 0. The molecule has 0 saturated heterocycles. The highest BCUT2D eigenvalue weighted by Gasteiger charge is 2.09. The van der Waals surface area contributed by atoms with Crippen LogP contribution in [0.5, 0.6) is 17.2 Å². The summed E-state index contributed by atoms with van der Waals surface area (Å²) < 4.78 is 10.1. The maximum atomic E-state index is 9.74. The highest BCUT2D eigenvalue weighted by molar-refractivity contribution is 5.88. The van der Waals surface area contributed by atoms with Crippen molar-refractivity contribution >= 4 is 18.1 Å². The van der Waals surface area contributed by atoms with E-state index in [4.69, 9.17) is 30.8 Å². The molecule has 6 N–H and O–H groups in total. The number of hydrogen-bond acceptors (Lipinski definition) is 6. The molecule has 0 unspecified atom stereocenters. The lowest BCUT2D eigenvalue weighted by molar-refractivity contribution is -0.134. The normalized spacial score (nSPS) is 9.48. The van der Waals surface area contributed by atoms with Gasteiger partial charge in [0.2, 0.25) is 5.96 Å². The zero-order chi connectivity index (χ0) is 16.4. The van der Waals surface area contributed by atoms with Gasteiger partial charge in [0.15, 0.2) is 0 Å². The Morgan fingerprint density at radius 3 is 2.29 bits per heavy atom. The fraction of sp³-hybridized carbons (Fsp3) is 0.250. The molecule has 1 rings (SSSR count). The number of aromatic hydroxyl groups is 1. The topological polar surface area (TPSA) is 153 Å². The number of ether oxygens (including phenoxy) is 2. The summed E-state index contributed by atoms with van der Waals surface area (Å²) in [7, 11) is 2.95. The summed E-state index contributed by atoms with van der Waals surface area (Å²) in [5, 5.41) is 24.2. The zero-order valence-electron chi connectivity index (χ0n) is 11.9. The SMILES string of the molecule is CC(=O)O.COc1cc(O)c(C=NN=C(N)N)c(OC)c1. The number of aliphatic carboxylic acids is 1. The van der Waals surface area contributed by atoms with Crippen molar-refractivity contribution in [2.45, 2.75) is 6.92 Å². The minimum atomic E-state index is -0.833. The Kier molecular flexibility index (Phi) is 7.74. The van der Waals surface area contributed by atoms with E-state index in [1.165, 1.54) is 26.5 Å². The van der Waals surface area contributed by atoms with Crippen LogP contribution in [0.4, 0.5) is 0 Å². The van der Waals surface area contributed by atoms with Gasteiger partial charge >= 0.3 is 0 Å². The Bertz CT molecular complexity index is 535. The molecule has 116 valence electrons. The molecule has 0 fully saturated rings. The summed E-state index contributed by atoms with van der Waals surface area (Å²) in [5.74, 6) is -0.182. The number of benzene rings is 1. The van der Waals surface area contributed by atoms with Crippen molar-refractivity contribution in [2.75, 3.05) is 14.2 Å². The van der Waals surface area contributed by atoms with Crippen molar-refractivity contribution in [3.05, 3.63) is 17.7 Å². The minimum absolute atomic E-state index is 0.0456. The molecule has 0 bridgehead atoms. The van der Waals surface area contributed by atoms with E-state index in [9.17, 15) is 5.11 Å². The van der Waals surface area contributed by atoms with Crippen LogP contribution in [-0.4, -0.2) is 42.6 Å². The van der Waals surface area contributed by atoms with Gasteiger partial charge in [0.25, 0.3) is 5.97 Å². The number of rotatable bonds is 4. The van der Waals surface area contributed by atoms with Crippen LogP contribution in [0.2, 0.25) is 0 Å². The number of guanidine groups is 1. The van der Waals surface area contributed by atoms with E-state index in [1.54, 1.807) is 6.07 Å². The smallest absolute Gasteiger partial charge is 0.300 e. The van der Waals surface area contributed by atoms with Gasteiger partial charge in [0, 0.05) is 19.1 Å². The van der Waals surface area contributed by atoms with Crippen LogP contribution in [0, 0.1) is 0 Å². The lowest BCUT2D eigenvalue weighted by Gasteiger charge is -2.08. The van der Waals surface area contributed by atoms with Gasteiger partial charge in [-0.25, -0.2) is 0 Å². The van der Waals surface area contributed by atoms with Crippen molar-refractivity contribution in [3.63, 3.8) is 0 Å². The molecule has 0 amide bonds. The largest absolute Gasteiger partial charge is 0.507 e. The van der Waals surface area contributed by atoms with E-state index in [0.717, 1.165) is 6.92 Å². The first-order chi connectivity index (χ1) is 9.81. The standard InChI is InChI=1S/C10H14N4O3.C2H4O2/c1-16-6-3-8(15)7(9(4-6)17-2)5-13-14-10(11)12;1-2(3)4/h3-5,15H,1-2H3,(H4,11,12,14);1H3,(H,3,4). The number of phenols is 1. The predicted octanol–water partition coefficient (Wildman–Crippen LogP) is 0.108. The first kappa shape index (κ1) is 18.0. The van der Waals surface area contributed by atoms with E-state index in [-0.39, 0.29) is 11.7 Å². The van der Waals surface area contributed by atoms with E-state index < -0.39 is 5.97 Å². The quantitative estimate of drug-likeness (QED) is 0.349. The average molecular weight is 298 g/mol. The van der Waals surface area contributed by atoms with Crippen LogP contribution < -0.4 is 20.9 Å². The van der Waals surface area contributed by atoms with Gasteiger partial charge in [-0.05, 0) is 0 Å². The average Bonchev–Trinajstić information content (AvgIpc) is 2.39. The molecule has 1 aromatic carbocycles. The van der Waals surface area contributed by atoms with E-state index >= 15 is 0 Å². The lowest BCUT2D eigenvalue weighted by Crippen LogP contribution is -2.21. The molecule has 0 spiro atoms. The maximum absolute atomic E-state index is 9.74. The Hall–Kier alpha value is -2.97. The van der Waals surface area contributed by atoms with Crippen LogP contribution in [0.1, 0.15) is 12.5 Å². The van der Waals surface area contributed by atoms with Crippen molar-refractivity contribution < 1.29 is 24.5 Å². The third-order valence-electron chi connectivity index (χ3n) is 1.91. The Balaban J connectivity index is 0.000000885. The van der Waals surface area contributed by atoms with Gasteiger partial charge in [0.1, 0.15) is 17.2 Å². The van der Waals surface area contributed by atoms with Crippen molar-refractivity contribution in [3.8, 4) is 17.2 Å². The van der Waals surface area contributed by atoms with Crippen LogP contribution >= 0.6 is 0 Å². The fourth-order valence-electron chi connectivity index (χ4n) is 1.16. The second-order valence-corrected chi connectivity index (χ2v) is 3.55. The number of hydrogen-bond donors (Lipinski definition) is 4. The molecule has 0 atom stereocenters. The summed E-state index contributed by atoms with van der Waals surface area (Å²) in [5.41, 5.74) is 10.6. The molecule has 0 saturated carbocycles. The highest BCUT2D eigenvalue weighted by Crippen LogP contribution is 2.31. The lowest BCUT2D eigenvalue weighted by atomic mass is 10.2. The van der Waals surface area contributed by atoms with Gasteiger partial charge in [-0.15, -0.1) is 5.10 Å². The van der Waals surface area contributed by atoms with Crippen LogP contribution in [0.25, 0.3) is 0 Å². The van der Waals surface area contributed by atoms with E-state index in [2.05, 4.69) is 10.2 Å². The van der Waals surface area contributed by atoms with E-state index in [0.29, 0.717) is 17.1 Å². The molecule has 9 nitrogen and oxygen atoms in total. The third kappa shape index (κ3) is 7.25. The molecular weight excluding hydrogens is 280 g/mol. The monoisotopic (exact) mass is 298 g/mol. The zero-order valence-corrected chi connectivity index (χ0v) is 11.9. The Morgan fingerprint density at radius 1 is 1.29 bits per heavy atom. The second kappa shape index (κ2) is 9.02. The molecule has 0 heterocycles. The number of carboxylic acids is 1. The maximum Gasteiger partial charge on any atom is 0.300 e. The molecular formula is C12H18N4O5. The number of phenolic OH excluding ortho intramolecular Hbond substituents is 1.